The monoisotopic (exact) mass is 268 g/mol. The van der Waals surface area contributed by atoms with Crippen molar-refractivity contribution >= 4 is 10.0 Å². The van der Waals surface area contributed by atoms with Gasteiger partial charge in [-0.25, -0.2) is 13.1 Å². The Bertz CT molecular complexity index is 559. The molecule has 0 aliphatic carbocycles. The summed E-state index contributed by atoms with van der Waals surface area (Å²) in [5.74, 6) is 0. The molecule has 1 aromatic carbocycles. The zero-order valence-electron chi connectivity index (χ0n) is 10.3. The SMILES string of the molecule is CC(C)(CCO)NS(=O)(=O)c1cccc(C#N)c1. The summed E-state index contributed by atoms with van der Waals surface area (Å²) >= 11 is 0. The van der Waals surface area contributed by atoms with Crippen molar-refractivity contribution in [2.75, 3.05) is 6.61 Å². The molecule has 5 nitrogen and oxygen atoms in total. The van der Waals surface area contributed by atoms with Crippen molar-refractivity contribution in [1.82, 2.24) is 4.72 Å². The van der Waals surface area contributed by atoms with Crippen LogP contribution in [0.4, 0.5) is 0 Å². The molecule has 18 heavy (non-hydrogen) atoms. The Balaban J connectivity index is 3.04. The third kappa shape index (κ3) is 3.81. The van der Waals surface area contributed by atoms with E-state index in [-0.39, 0.29) is 17.1 Å². The first-order chi connectivity index (χ1) is 8.30. The summed E-state index contributed by atoms with van der Waals surface area (Å²) in [7, 11) is -3.68. The second-order valence-corrected chi connectivity index (χ2v) is 6.29. The number of nitrogens with one attached hydrogen (secondary N) is 1. The maximum Gasteiger partial charge on any atom is 0.241 e. The lowest BCUT2D eigenvalue weighted by atomic mass is 10.0. The minimum Gasteiger partial charge on any atom is -0.396 e. The van der Waals surface area contributed by atoms with E-state index in [1.165, 1.54) is 24.3 Å². The molecule has 0 aromatic heterocycles. The third-order valence-electron chi connectivity index (χ3n) is 2.42. The molecule has 0 unspecified atom stereocenters. The number of nitriles is 1. The zero-order valence-corrected chi connectivity index (χ0v) is 11.2. The van der Waals surface area contributed by atoms with Gasteiger partial charge in [0, 0.05) is 12.1 Å². The van der Waals surface area contributed by atoms with Crippen molar-refractivity contribution in [2.45, 2.75) is 30.7 Å². The van der Waals surface area contributed by atoms with E-state index in [1.54, 1.807) is 13.8 Å². The average molecular weight is 268 g/mol. The average Bonchev–Trinajstić information content (AvgIpc) is 2.27. The Morgan fingerprint density at radius 1 is 1.44 bits per heavy atom. The molecule has 6 heteroatoms. The predicted octanol–water partition coefficient (Wildman–Crippen LogP) is 0.998. The Labute approximate surface area is 107 Å². The highest BCUT2D eigenvalue weighted by Gasteiger charge is 2.25. The molecule has 0 saturated heterocycles. The van der Waals surface area contributed by atoms with Gasteiger partial charge in [-0.2, -0.15) is 5.26 Å². The van der Waals surface area contributed by atoms with Crippen LogP contribution in [-0.2, 0) is 10.0 Å². The van der Waals surface area contributed by atoms with Gasteiger partial charge < -0.3 is 5.11 Å². The fraction of sp³-hybridized carbons (Fsp3) is 0.417. The van der Waals surface area contributed by atoms with Gasteiger partial charge in [-0.05, 0) is 38.5 Å². The molecule has 0 fully saturated rings. The van der Waals surface area contributed by atoms with Crippen LogP contribution in [0.3, 0.4) is 0 Å². The summed E-state index contributed by atoms with van der Waals surface area (Å²) in [5, 5.41) is 17.6. The van der Waals surface area contributed by atoms with Crippen LogP contribution in [0.25, 0.3) is 0 Å². The molecule has 0 aliphatic heterocycles. The Morgan fingerprint density at radius 2 is 2.11 bits per heavy atom. The normalized spacial score (nSPS) is 12.1. The number of aliphatic hydroxyl groups excluding tert-OH is 1. The van der Waals surface area contributed by atoms with Gasteiger partial charge in [0.05, 0.1) is 16.5 Å². The van der Waals surface area contributed by atoms with E-state index in [2.05, 4.69) is 4.72 Å². The van der Waals surface area contributed by atoms with Gasteiger partial charge in [-0.3, -0.25) is 0 Å². The molecule has 0 bridgehead atoms. The minimum atomic E-state index is -3.68. The number of nitrogens with zero attached hydrogens (tertiary/aromatic N) is 1. The first-order valence-corrected chi connectivity index (χ1v) is 6.94. The molecule has 1 rings (SSSR count). The Kier molecular flexibility index (Phi) is 4.46. The van der Waals surface area contributed by atoms with E-state index in [4.69, 9.17) is 10.4 Å². The Hall–Kier alpha value is -1.42. The van der Waals surface area contributed by atoms with Crippen molar-refractivity contribution in [3.63, 3.8) is 0 Å². The van der Waals surface area contributed by atoms with Crippen molar-refractivity contribution < 1.29 is 13.5 Å². The number of aliphatic hydroxyl groups is 1. The summed E-state index contributed by atoms with van der Waals surface area (Å²) in [5.41, 5.74) is -0.450. The van der Waals surface area contributed by atoms with Crippen LogP contribution in [0.1, 0.15) is 25.8 Å². The molecule has 98 valence electrons. The van der Waals surface area contributed by atoms with Gasteiger partial charge in [-0.15, -0.1) is 0 Å². The van der Waals surface area contributed by atoms with Crippen LogP contribution in [0, 0.1) is 11.3 Å². The van der Waals surface area contributed by atoms with E-state index >= 15 is 0 Å². The molecule has 2 N–H and O–H groups in total. The fourth-order valence-corrected chi connectivity index (χ4v) is 2.97. The predicted molar refractivity (Wildman–Crippen MR) is 67.3 cm³/mol. The zero-order chi connectivity index (χ0) is 13.8. The lowest BCUT2D eigenvalue weighted by Gasteiger charge is -2.25. The summed E-state index contributed by atoms with van der Waals surface area (Å²) in [4.78, 5) is 0.0487. The molecule has 0 atom stereocenters. The molecular weight excluding hydrogens is 252 g/mol. The van der Waals surface area contributed by atoms with Gasteiger partial charge in [0.2, 0.25) is 10.0 Å². The molecule has 0 spiro atoms. The van der Waals surface area contributed by atoms with Gasteiger partial charge in [0.25, 0.3) is 0 Å². The molecular formula is C12H16N2O3S. The largest absolute Gasteiger partial charge is 0.396 e. The first kappa shape index (κ1) is 14.6. The lowest BCUT2D eigenvalue weighted by Crippen LogP contribution is -2.43. The lowest BCUT2D eigenvalue weighted by molar-refractivity contribution is 0.246. The number of rotatable bonds is 5. The molecule has 1 aromatic rings. The third-order valence-corrected chi connectivity index (χ3v) is 4.12. The van der Waals surface area contributed by atoms with Crippen LogP contribution in [0.15, 0.2) is 29.2 Å². The van der Waals surface area contributed by atoms with E-state index < -0.39 is 15.6 Å². The van der Waals surface area contributed by atoms with Crippen molar-refractivity contribution in [1.29, 1.82) is 5.26 Å². The molecule has 0 heterocycles. The van der Waals surface area contributed by atoms with E-state index in [9.17, 15) is 8.42 Å². The van der Waals surface area contributed by atoms with Crippen molar-refractivity contribution in [2.24, 2.45) is 0 Å². The second-order valence-electron chi connectivity index (χ2n) is 4.60. The smallest absolute Gasteiger partial charge is 0.241 e. The van der Waals surface area contributed by atoms with E-state index in [1.807, 2.05) is 6.07 Å². The summed E-state index contributed by atoms with van der Waals surface area (Å²) in [6, 6.07) is 7.70. The molecule has 0 radical (unpaired) electrons. The summed E-state index contributed by atoms with van der Waals surface area (Å²) in [6.07, 6.45) is 0.310. The quantitative estimate of drug-likeness (QED) is 0.833. The van der Waals surface area contributed by atoms with E-state index in [0.29, 0.717) is 6.42 Å². The highest BCUT2D eigenvalue weighted by molar-refractivity contribution is 7.89. The number of sulfonamides is 1. The summed E-state index contributed by atoms with van der Waals surface area (Å²) in [6.45, 7) is 3.28. The summed E-state index contributed by atoms with van der Waals surface area (Å²) < 4.78 is 26.7. The number of hydrogen-bond acceptors (Lipinski definition) is 4. The van der Waals surface area contributed by atoms with E-state index in [0.717, 1.165) is 0 Å². The van der Waals surface area contributed by atoms with Crippen LogP contribution in [0.5, 0.6) is 0 Å². The van der Waals surface area contributed by atoms with Gasteiger partial charge in [-0.1, -0.05) is 6.07 Å². The molecule has 0 aliphatic rings. The fourth-order valence-electron chi connectivity index (χ4n) is 1.49. The van der Waals surface area contributed by atoms with Gasteiger partial charge >= 0.3 is 0 Å². The van der Waals surface area contributed by atoms with Gasteiger partial charge in [0.1, 0.15) is 0 Å². The highest BCUT2D eigenvalue weighted by Crippen LogP contribution is 2.16. The number of hydrogen-bond donors (Lipinski definition) is 2. The van der Waals surface area contributed by atoms with Crippen molar-refractivity contribution in [3.8, 4) is 6.07 Å². The highest BCUT2D eigenvalue weighted by atomic mass is 32.2. The van der Waals surface area contributed by atoms with Gasteiger partial charge in [0.15, 0.2) is 0 Å². The second kappa shape index (κ2) is 5.48. The van der Waals surface area contributed by atoms with Crippen LogP contribution in [-0.4, -0.2) is 25.7 Å². The maximum absolute atomic E-state index is 12.1. The minimum absolute atomic E-state index is 0.0487. The number of benzene rings is 1. The molecule has 0 saturated carbocycles. The maximum atomic E-state index is 12.1. The topological polar surface area (TPSA) is 90.2 Å². The Morgan fingerprint density at radius 3 is 2.67 bits per heavy atom. The van der Waals surface area contributed by atoms with Crippen LogP contribution >= 0.6 is 0 Å². The first-order valence-electron chi connectivity index (χ1n) is 5.46. The van der Waals surface area contributed by atoms with Crippen LogP contribution < -0.4 is 4.72 Å². The molecule has 0 amide bonds. The van der Waals surface area contributed by atoms with Crippen LogP contribution in [0.2, 0.25) is 0 Å². The standard InChI is InChI=1S/C12H16N2O3S/c1-12(2,6-7-15)14-18(16,17)11-5-3-4-10(8-11)9-13/h3-5,8,14-15H,6-7H2,1-2H3. The van der Waals surface area contributed by atoms with Crippen molar-refractivity contribution in [3.05, 3.63) is 29.8 Å².